The van der Waals surface area contributed by atoms with E-state index < -0.39 is 0 Å². The molecule has 27 heavy (non-hydrogen) atoms. The molecule has 6 heteroatoms. The van der Waals surface area contributed by atoms with E-state index >= 15 is 0 Å². The third-order valence-corrected chi connectivity index (χ3v) is 6.88. The minimum Gasteiger partial charge on any atom is -0.350 e. The normalized spacial score (nSPS) is 25.7. The average Bonchev–Trinajstić information content (AvgIpc) is 3.09. The number of rotatable bonds is 4. The standard InChI is InChI=1S/C21H28N4O2/c1-21(2)14-9-8-13(15(21)10-14)11-22-19(26)17-6-5-7-18-23-16(12-25(17)18)20(27)24(3)4/h5-7,12-15H,8-11H2,1-4H3,(H,22,26)/t13-,14-,15-/m0/s1. The second kappa shape index (κ2) is 6.36. The van der Waals surface area contributed by atoms with Crippen LogP contribution in [0.2, 0.25) is 0 Å². The minimum atomic E-state index is -0.172. The molecule has 3 atom stereocenters. The summed E-state index contributed by atoms with van der Waals surface area (Å²) in [5, 5.41) is 3.13. The van der Waals surface area contributed by atoms with Crippen molar-refractivity contribution < 1.29 is 9.59 Å². The molecule has 3 aliphatic carbocycles. The third kappa shape index (κ3) is 2.91. The van der Waals surface area contributed by atoms with Gasteiger partial charge in [0.2, 0.25) is 0 Å². The lowest BCUT2D eigenvalue weighted by molar-refractivity contribution is -0.103. The summed E-state index contributed by atoms with van der Waals surface area (Å²) in [5.41, 5.74) is 1.88. The van der Waals surface area contributed by atoms with Gasteiger partial charge in [0.25, 0.3) is 11.8 Å². The summed E-state index contributed by atoms with van der Waals surface area (Å²) in [6.45, 7) is 5.46. The van der Waals surface area contributed by atoms with Crippen LogP contribution in [0.1, 0.15) is 54.1 Å². The Morgan fingerprint density at radius 2 is 2.07 bits per heavy atom. The number of carbonyl (C=O) groups is 2. The zero-order valence-corrected chi connectivity index (χ0v) is 16.5. The molecule has 0 spiro atoms. The van der Waals surface area contributed by atoms with Crippen molar-refractivity contribution in [3.05, 3.63) is 35.8 Å². The van der Waals surface area contributed by atoms with Gasteiger partial charge in [-0.15, -0.1) is 0 Å². The van der Waals surface area contributed by atoms with Crippen molar-refractivity contribution >= 4 is 17.5 Å². The highest BCUT2D eigenvalue weighted by Crippen LogP contribution is 2.61. The van der Waals surface area contributed by atoms with E-state index in [1.54, 1.807) is 42.9 Å². The SMILES string of the molecule is CN(C)C(=O)c1cn2c(C(=O)NC[C@@H]3CC[C@H]4C[C@@H]3C4(C)C)cccc2n1. The molecule has 0 unspecified atom stereocenters. The Morgan fingerprint density at radius 1 is 1.30 bits per heavy atom. The van der Waals surface area contributed by atoms with E-state index in [2.05, 4.69) is 24.1 Å². The van der Waals surface area contributed by atoms with Crippen molar-refractivity contribution in [2.24, 2.45) is 23.2 Å². The van der Waals surface area contributed by atoms with E-state index in [0.717, 1.165) is 5.92 Å². The zero-order valence-electron chi connectivity index (χ0n) is 16.5. The molecular weight excluding hydrogens is 340 g/mol. The fourth-order valence-corrected chi connectivity index (χ4v) is 5.05. The third-order valence-electron chi connectivity index (χ3n) is 6.88. The average molecular weight is 368 g/mol. The van der Waals surface area contributed by atoms with E-state index in [1.807, 2.05) is 0 Å². The Labute approximate surface area is 159 Å². The number of aromatic nitrogens is 2. The fraction of sp³-hybridized carbons (Fsp3) is 0.571. The number of carbonyl (C=O) groups excluding carboxylic acids is 2. The van der Waals surface area contributed by atoms with Crippen LogP contribution in [0.3, 0.4) is 0 Å². The van der Waals surface area contributed by atoms with E-state index in [9.17, 15) is 9.59 Å². The number of nitrogens with zero attached hydrogens (tertiary/aromatic N) is 3. The second-order valence-corrected chi connectivity index (χ2v) is 8.87. The lowest BCUT2D eigenvalue weighted by atomic mass is 9.45. The molecule has 3 fully saturated rings. The van der Waals surface area contributed by atoms with Crippen molar-refractivity contribution in [1.82, 2.24) is 19.6 Å². The summed E-state index contributed by atoms with van der Waals surface area (Å²) in [4.78, 5) is 30.9. The first-order chi connectivity index (χ1) is 12.8. The van der Waals surface area contributed by atoms with Gasteiger partial charge in [0.15, 0.2) is 0 Å². The summed E-state index contributed by atoms with van der Waals surface area (Å²) in [5.74, 6) is 1.85. The first-order valence-electron chi connectivity index (χ1n) is 9.77. The smallest absolute Gasteiger partial charge is 0.273 e. The zero-order chi connectivity index (χ0) is 19.3. The number of hydrogen-bond acceptors (Lipinski definition) is 3. The van der Waals surface area contributed by atoms with Crippen molar-refractivity contribution in [2.75, 3.05) is 20.6 Å². The highest BCUT2D eigenvalue weighted by Gasteiger charge is 2.53. The minimum absolute atomic E-state index is 0.110. The largest absolute Gasteiger partial charge is 0.350 e. The van der Waals surface area contributed by atoms with Crippen molar-refractivity contribution in [2.45, 2.75) is 33.1 Å². The van der Waals surface area contributed by atoms with Gasteiger partial charge >= 0.3 is 0 Å². The van der Waals surface area contributed by atoms with Crippen LogP contribution in [0, 0.1) is 23.2 Å². The molecule has 1 N–H and O–H groups in total. The van der Waals surface area contributed by atoms with Crippen LogP contribution in [0.25, 0.3) is 5.65 Å². The van der Waals surface area contributed by atoms with Crippen LogP contribution in [-0.2, 0) is 0 Å². The topological polar surface area (TPSA) is 66.7 Å². The van der Waals surface area contributed by atoms with Crippen LogP contribution >= 0.6 is 0 Å². The molecule has 5 rings (SSSR count). The summed E-state index contributed by atoms with van der Waals surface area (Å²) in [6, 6.07) is 5.39. The molecule has 144 valence electrons. The van der Waals surface area contributed by atoms with Gasteiger partial charge in [-0.1, -0.05) is 19.9 Å². The molecular formula is C21H28N4O2. The molecule has 2 amide bonds. The Morgan fingerprint density at radius 3 is 2.74 bits per heavy atom. The Balaban J connectivity index is 1.50. The number of amides is 2. The van der Waals surface area contributed by atoms with Crippen LogP contribution in [0.15, 0.2) is 24.4 Å². The number of pyridine rings is 1. The lowest BCUT2D eigenvalue weighted by Gasteiger charge is -2.60. The van der Waals surface area contributed by atoms with Gasteiger partial charge in [-0.25, -0.2) is 4.98 Å². The summed E-state index contributed by atoms with van der Waals surface area (Å²) >= 11 is 0. The fourth-order valence-electron chi connectivity index (χ4n) is 5.05. The van der Waals surface area contributed by atoms with Gasteiger partial charge in [0.1, 0.15) is 17.0 Å². The van der Waals surface area contributed by atoms with Gasteiger partial charge in [-0.05, 0) is 54.6 Å². The van der Waals surface area contributed by atoms with Crippen LogP contribution in [0.5, 0.6) is 0 Å². The molecule has 2 bridgehead atoms. The van der Waals surface area contributed by atoms with Crippen LogP contribution < -0.4 is 5.32 Å². The van der Waals surface area contributed by atoms with Crippen LogP contribution in [-0.4, -0.2) is 46.7 Å². The maximum atomic E-state index is 12.8. The molecule has 0 saturated heterocycles. The number of nitrogens with one attached hydrogen (secondary N) is 1. The van der Waals surface area contributed by atoms with Gasteiger partial charge in [-0.2, -0.15) is 0 Å². The van der Waals surface area contributed by atoms with E-state index in [4.69, 9.17) is 0 Å². The van der Waals surface area contributed by atoms with Crippen molar-refractivity contribution in [3.63, 3.8) is 0 Å². The molecule has 6 nitrogen and oxygen atoms in total. The number of imidazole rings is 1. The predicted octanol–water partition coefficient (Wildman–Crippen LogP) is 2.84. The second-order valence-electron chi connectivity index (χ2n) is 8.87. The lowest BCUT2D eigenvalue weighted by Crippen LogP contribution is -2.54. The van der Waals surface area contributed by atoms with Gasteiger partial charge in [0.05, 0.1) is 0 Å². The highest BCUT2D eigenvalue weighted by molar-refractivity contribution is 5.95. The van der Waals surface area contributed by atoms with E-state index in [1.165, 1.54) is 24.2 Å². The molecule has 0 radical (unpaired) electrons. The van der Waals surface area contributed by atoms with Crippen molar-refractivity contribution in [3.8, 4) is 0 Å². The Bertz CT molecular complexity index is 897. The molecule has 3 saturated carbocycles. The Kier molecular flexibility index (Phi) is 4.24. The van der Waals surface area contributed by atoms with Crippen LogP contribution in [0.4, 0.5) is 0 Å². The molecule has 2 aromatic rings. The molecule has 0 aromatic carbocycles. The Hall–Kier alpha value is -2.37. The summed E-state index contributed by atoms with van der Waals surface area (Å²) in [6.07, 6.45) is 5.43. The summed E-state index contributed by atoms with van der Waals surface area (Å²) in [7, 11) is 3.38. The van der Waals surface area contributed by atoms with E-state index in [-0.39, 0.29) is 11.8 Å². The molecule has 3 aliphatic rings. The highest BCUT2D eigenvalue weighted by atomic mass is 16.2. The summed E-state index contributed by atoms with van der Waals surface area (Å²) < 4.78 is 1.70. The van der Waals surface area contributed by atoms with E-state index in [0.29, 0.717) is 40.8 Å². The van der Waals surface area contributed by atoms with Crippen molar-refractivity contribution in [1.29, 1.82) is 0 Å². The quantitative estimate of drug-likeness (QED) is 0.902. The maximum absolute atomic E-state index is 12.8. The molecule has 0 aliphatic heterocycles. The monoisotopic (exact) mass is 368 g/mol. The predicted molar refractivity (Wildman–Crippen MR) is 104 cm³/mol. The first kappa shape index (κ1) is 18.0. The number of fused-ring (bicyclic) bond motifs is 3. The van der Waals surface area contributed by atoms with Gasteiger partial charge in [-0.3, -0.25) is 14.0 Å². The van der Waals surface area contributed by atoms with Gasteiger partial charge < -0.3 is 10.2 Å². The molecule has 2 aromatic heterocycles. The van der Waals surface area contributed by atoms with Gasteiger partial charge in [0, 0.05) is 26.8 Å². The first-order valence-corrected chi connectivity index (χ1v) is 9.77. The maximum Gasteiger partial charge on any atom is 0.273 e. The molecule has 2 heterocycles. The number of hydrogen-bond donors (Lipinski definition) is 1.